The summed E-state index contributed by atoms with van der Waals surface area (Å²) in [6, 6.07) is 2.07. The van der Waals surface area contributed by atoms with E-state index in [-0.39, 0.29) is 0 Å². The summed E-state index contributed by atoms with van der Waals surface area (Å²) in [6.07, 6.45) is 10.5. The average Bonchev–Trinajstić information content (AvgIpc) is 2.59. The largest absolute Gasteiger partial charge is 0.469 e. The second kappa shape index (κ2) is 5.48. The Kier molecular flexibility index (Phi) is 4.24. The van der Waals surface area contributed by atoms with E-state index in [1.165, 1.54) is 11.1 Å². The molecule has 0 saturated heterocycles. The Morgan fingerprint density at radius 3 is 2.64 bits per heavy atom. The molecule has 0 aliphatic carbocycles. The molecule has 0 atom stereocenters. The minimum absolute atomic E-state index is 0.965. The molecule has 0 bridgehead atoms. The third-order valence-electron chi connectivity index (χ3n) is 2.02. The van der Waals surface area contributed by atoms with Crippen LogP contribution in [0.15, 0.2) is 35.0 Å². The molecule has 1 heterocycles. The van der Waals surface area contributed by atoms with Crippen LogP contribution in [0.3, 0.4) is 0 Å². The molecule has 0 saturated carbocycles. The molecule has 1 aromatic heterocycles. The summed E-state index contributed by atoms with van der Waals surface area (Å²) in [7, 11) is 0. The van der Waals surface area contributed by atoms with Crippen LogP contribution in [0.25, 0.3) is 5.57 Å². The molecule has 0 amide bonds. The topological polar surface area (TPSA) is 13.1 Å². The van der Waals surface area contributed by atoms with Crippen molar-refractivity contribution >= 4 is 5.57 Å². The third kappa shape index (κ3) is 2.91. The summed E-state index contributed by atoms with van der Waals surface area (Å²) in [5, 5.41) is 0. The van der Waals surface area contributed by atoms with Gasteiger partial charge in [0.2, 0.25) is 0 Å². The fourth-order valence-corrected chi connectivity index (χ4v) is 1.34. The van der Waals surface area contributed by atoms with Crippen LogP contribution in [0, 0.1) is 6.92 Å². The van der Waals surface area contributed by atoms with Gasteiger partial charge in [0.15, 0.2) is 0 Å². The first-order valence-electron chi connectivity index (χ1n) is 5.20. The van der Waals surface area contributed by atoms with Gasteiger partial charge in [-0.1, -0.05) is 32.1 Å². The quantitative estimate of drug-likeness (QED) is 0.643. The summed E-state index contributed by atoms with van der Waals surface area (Å²) in [6.45, 7) is 6.25. The van der Waals surface area contributed by atoms with E-state index in [0.717, 1.165) is 18.6 Å². The molecular weight excluding hydrogens is 172 g/mol. The molecule has 0 unspecified atom stereocenters. The summed E-state index contributed by atoms with van der Waals surface area (Å²) in [4.78, 5) is 0. The molecule has 1 nitrogen and oxygen atoms in total. The third-order valence-corrected chi connectivity index (χ3v) is 2.02. The summed E-state index contributed by atoms with van der Waals surface area (Å²) >= 11 is 0. The van der Waals surface area contributed by atoms with E-state index in [0.29, 0.717) is 0 Å². The van der Waals surface area contributed by atoms with E-state index in [9.17, 15) is 0 Å². The number of hydrogen-bond acceptors (Lipinski definition) is 1. The van der Waals surface area contributed by atoms with Crippen LogP contribution in [-0.4, -0.2) is 0 Å². The highest BCUT2D eigenvalue weighted by molar-refractivity contribution is 5.73. The molecule has 14 heavy (non-hydrogen) atoms. The first-order chi connectivity index (χ1) is 6.77. The van der Waals surface area contributed by atoms with E-state index in [1.54, 1.807) is 0 Å². The molecule has 0 spiro atoms. The Morgan fingerprint density at radius 2 is 2.14 bits per heavy atom. The Bertz CT molecular complexity index is 329. The lowest BCUT2D eigenvalue weighted by atomic mass is 10.1. The summed E-state index contributed by atoms with van der Waals surface area (Å²) in [5.74, 6) is 0.965. The van der Waals surface area contributed by atoms with Gasteiger partial charge in [0, 0.05) is 5.56 Å². The standard InChI is InChI=1S/C13H18O/c1-4-6-8-12(7-5-2)13-9-11(3)14-10-13/h6-10H,4-5H2,1-3H3/b8-6-,12-7+. The van der Waals surface area contributed by atoms with Gasteiger partial charge in [-0.3, -0.25) is 0 Å². The van der Waals surface area contributed by atoms with Gasteiger partial charge in [-0.2, -0.15) is 0 Å². The van der Waals surface area contributed by atoms with Crippen molar-refractivity contribution in [2.24, 2.45) is 0 Å². The van der Waals surface area contributed by atoms with Crippen LogP contribution < -0.4 is 0 Å². The average molecular weight is 190 g/mol. The van der Waals surface area contributed by atoms with Crippen LogP contribution in [0.5, 0.6) is 0 Å². The number of hydrogen-bond donors (Lipinski definition) is 0. The fourth-order valence-electron chi connectivity index (χ4n) is 1.34. The van der Waals surface area contributed by atoms with Crippen molar-refractivity contribution in [1.29, 1.82) is 0 Å². The highest BCUT2D eigenvalue weighted by atomic mass is 16.3. The molecule has 0 radical (unpaired) electrons. The lowest BCUT2D eigenvalue weighted by Crippen LogP contribution is -1.76. The molecule has 1 rings (SSSR count). The Labute approximate surface area is 86.1 Å². The Morgan fingerprint density at radius 1 is 1.36 bits per heavy atom. The van der Waals surface area contributed by atoms with Gasteiger partial charge in [0.05, 0.1) is 6.26 Å². The second-order valence-electron chi connectivity index (χ2n) is 3.32. The first-order valence-corrected chi connectivity index (χ1v) is 5.20. The van der Waals surface area contributed by atoms with E-state index in [2.05, 4.69) is 38.1 Å². The van der Waals surface area contributed by atoms with Gasteiger partial charge >= 0.3 is 0 Å². The number of furan rings is 1. The highest BCUT2D eigenvalue weighted by Gasteiger charge is 2.00. The molecule has 0 aliphatic heterocycles. The van der Waals surface area contributed by atoms with Crippen LogP contribution in [0.4, 0.5) is 0 Å². The van der Waals surface area contributed by atoms with E-state index >= 15 is 0 Å². The minimum atomic E-state index is 0.965. The van der Waals surface area contributed by atoms with Crippen LogP contribution in [0.1, 0.15) is 38.0 Å². The van der Waals surface area contributed by atoms with E-state index in [1.807, 2.05) is 13.2 Å². The SMILES string of the molecule is CC/C=C\C(=C/CC)c1coc(C)c1. The highest BCUT2D eigenvalue weighted by Crippen LogP contribution is 2.19. The zero-order valence-electron chi connectivity index (χ0n) is 9.21. The van der Waals surface area contributed by atoms with Crippen molar-refractivity contribution < 1.29 is 4.42 Å². The normalized spacial score (nSPS) is 12.6. The predicted molar refractivity (Wildman–Crippen MR) is 61.1 cm³/mol. The van der Waals surface area contributed by atoms with Gasteiger partial charge in [0.1, 0.15) is 5.76 Å². The Balaban J connectivity index is 2.89. The van der Waals surface area contributed by atoms with E-state index in [4.69, 9.17) is 4.42 Å². The fraction of sp³-hybridized carbons (Fsp3) is 0.385. The minimum Gasteiger partial charge on any atom is -0.469 e. The van der Waals surface area contributed by atoms with Gasteiger partial charge in [-0.25, -0.2) is 0 Å². The smallest absolute Gasteiger partial charge is 0.101 e. The maximum atomic E-state index is 5.30. The maximum absolute atomic E-state index is 5.30. The molecule has 76 valence electrons. The first kappa shape index (κ1) is 10.8. The molecule has 1 aromatic rings. The van der Waals surface area contributed by atoms with Gasteiger partial charge in [0.25, 0.3) is 0 Å². The van der Waals surface area contributed by atoms with Crippen LogP contribution in [-0.2, 0) is 0 Å². The van der Waals surface area contributed by atoms with Crippen molar-refractivity contribution in [3.8, 4) is 0 Å². The van der Waals surface area contributed by atoms with Crippen molar-refractivity contribution in [2.75, 3.05) is 0 Å². The van der Waals surface area contributed by atoms with Crippen LogP contribution >= 0.6 is 0 Å². The van der Waals surface area contributed by atoms with Crippen LogP contribution in [0.2, 0.25) is 0 Å². The van der Waals surface area contributed by atoms with E-state index < -0.39 is 0 Å². The number of rotatable bonds is 4. The van der Waals surface area contributed by atoms with Crippen molar-refractivity contribution in [3.05, 3.63) is 41.9 Å². The lowest BCUT2D eigenvalue weighted by molar-refractivity contribution is 0.533. The molecule has 0 N–H and O–H groups in total. The summed E-state index contributed by atoms with van der Waals surface area (Å²) in [5.41, 5.74) is 2.43. The number of aryl methyl sites for hydroxylation is 1. The molecular formula is C13H18O. The molecule has 0 aromatic carbocycles. The molecule has 0 fully saturated rings. The maximum Gasteiger partial charge on any atom is 0.101 e. The van der Waals surface area contributed by atoms with Gasteiger partial charge < -0.3 is 4.42 Å². The Hall–Kier alpha value is -1.24. The van der Waals surface area contributed by atoms with Gasteiger partial charge in [-0.05, 0) is 31.4 Å². The van der Waals surface area contributed by atoms with Crippen molar-refractivity contribution in [1.82, 2.24) is 0 Å². The molecule has 1 heteroatoms. The monoisotopic (exact) mass is 190 g/mol. The zero-order valence-corrected chi connectivity index (χ0v) is 9.21. The van der Waals surface area contributed by atoms with Crippen molar-refractivity contribution in [3.63, 3.8) is 0 Å². The number of allylic oxidation sites excluding steroid dienone is 4. The lowest BCUT2D eigenvalue weighted by Gasteiger charge is -1.96. The van der Waals surface area contributed by atoms with Crippen molar-refractivity contribution in [2.45, 2.75) is 33.6 Å². The predicted octanol–water partition coefficient (Wildman–Crippen LogP) is 4.35. The molecule has 0 aliphatic rings. The summed E-state index contributed by atoms with van der Waals surface area (Å²) < 4.78 is 5.30. The van der Waals surface area contributed by atoms with Gasteiger partial charge in [-0.15, -0.1) is 0 Å². The second-order valence-corrected chi connectivity index (χ2v) is 3.32. The zero-order chi connectivity index (χ0) is 10.4.